The largest absolute Gasteiger partial charge is 0.354 e. The molecule has 0 unspecified atom stereocenters. The molecule has 0 atom stereocenters. The first-order chi connectivity index (χ1) is 25.8. The van der Waals surface area contributed by atoms with E-state index in [2.05, 4.69) is 180 Å². The van der Waals surface area contributed by atoms with Crippen molar-refractivity contribution in [1.82, 2.24) is 15.0 Å². The molecule has 4 nitrogen and oxygen atoms in total. The molecule has 0 radical (unpaired) electrons. The Bertz CT molecular complexity index is 2920. The van der Waals surface area contributed by atoms with Crippen LogP contribution in [0, 0.1) is 0 Å². The third-order valence-electron chi connectivity index (χ3n) is 10.0. The number of aromatic amines is 1. The van der Waals surface area contributed by atoms with Crippen LogP contribution in [-0.2, 0) is 0 Å². The Morgan fingerprint density at radius 3 is 1.96 bits per heavy atom. The maximum atomic E-state index is 5.44. The van der Waals surface area contributed by atoms with Crippen LogP contribution in [0.15, 0.2) is 188 Å². The van der Waals surface area contributed by atoms with Gasteiger partial charge in [-0.05, 0) is 75.8 Å². The van der Waals surface area contributed by atoms with Crippen LogP contribution in [-0.4, -0.2) is 15.0 Å². The molecule has 0 amide bonds. The summed E-state index contributed by atoms with van der Waals surface area (Å²) < 4.78 is 0. The molecule has 7 aromatic carbocycles. The zero-order valence-corrected chi connectivity index (χ0v) is 28.2. The lowest BCUT2D eigenvalue weighted by atomic mass is 9.95. The second-order valence-electron chi connectivity index (χ2n) is 13.1. The Labute approximate surface area is 301 Å². The number of para-hydroxylation sites is 2. The number of aromatic nitrogens is 3. The van der Waals surface area contributed by atoms with Gasteiger partial charge >= 0.3 is 0 Å². The minimum Gasteiger partial charge on any atom is -0.354 e. The molecular weight excluding hydrogens is 633 g/mol. The van der Waals surface area contributed by atoms with Crippen molar-refractivity contribution in [3.05, 3.63) is 188 Å². The SMILES string of the molecule is c1ccc(N(c2cccc(-c3cc(-c4cccc5ccccc45)cc(-c4cccc5c4[nH]c4ccccc45)n3)c2)c2cccc3ccccc23)nc1. The Morgan fingerprint density at radius 2 is 1.10 bits per heavy atom. The van der Waals surface area contributed by atoms with E-state index < -0.39 is 0 Å². The Morgan fingerprint density at radius 1 is 0.442 bits per heavy atom. The number of pyridine rings is 2. The highest BCUT2D eigenvalue weighted by Gasteiger charge is 2.19. The predicted molar refractivity (Wildman–Crippen MR) is 217 cm³/mol. The van der Waals surface area contributed by atoms with E-state index in [1.807, 2.05) is 18.3 Å². The highest BCUT2D eigenvalue weighted by Crippen LogP contribution is 2.41. The zero-order chi connectivity index (χ0) is 34.4. The molecule has 0 saturated carbocycles. The molecule has 0 saturated heterocycles. The monoisotopic (exact) mass is 664 g/mol. The molecule has 52 heavy (non-hydrogen) atoms. The van der Waals surface area contributed by atoms with Crippen molar-refractivity contribution >= 4 is 60.5 Å². The van der Waals surface area contributed by atoms with Gasteiger partial charge in [0, 0.05) is 44.7 Å². The fraction of sp³-hybridized carbons (Fsp3) is 0. The second kappa shape index (κ2) is 12.4. The number of benzene rings is 7. The molecule has 0 aliphatic heterocycles. The fourth-order valence-electron chi connectivity index (χ4n) is 7.62. The first-order valence-electron chi connectivity index (χ1n) is 17.6. The van der Waals surface area contributed by atoms with E-state index in [9.17, 15) is 0 Å². The van der Waals surface area contributed by atoms with E-state index in [1.165, 1.54) is 32.5 Å². The van der Waals surface area contributed by atoms with Gasteiger partial charge in [0.05, 0.1) is 22.6 Å². The molecule has 1 N–H and O–H groups in total. The molecule has 3 aromatic heterocycles. The number of nitrogens with zero attached hydrogens (tertiary/aromatic N) is 3. The summed E-state index contributed by atoms with van der Waals surface area (Å²) >= 11 is 0. The molecule has 10 rings (SSSR count). The summed E-state index contributed by atoms with van der Waals surface area (Å²) in [5.41, 5.74) is 10.5. The van der Waals surface area contributed by atoms with Crippen LogP contribution in [0.1, 0.15) is 0 Å². The molecule has 3 heterocycles. The molecule has 10 aromatic rings. The highest BCUT2D eigenvalue weighted by atomic mass is 15.2. The lowest BCUT2D eigenvalue weighted by molar-refractivity contribution is 1.19. The summed E-state index contributed by atoms with van der Waals surface area (Å²) in [7, 11) is 0. The smallest absolute Gasteiger partial charge is 0.137 e. The Balaban J connectivity index is 1.20. The van der Waals surface area contributed by atoms with Gasteiger partial charge in [0.2, 0.25) is 0 Å². The van der Waals surface area contributed by atoms with Gasteiger partial charge in [0.1, 0.15) is 5.82 Å². The second-order valence-corrected chi connectivity index (χ2v) is 13.1. The zero-order valence-electron chi connectivity index (χ0n) is 28.2. The molecule has 4 heteroatoms. The number of H-pyrrole nitrogens is 1. The third-order valence-corrected chi connectivity index (χ3v) is 10.0. The van der Waals surface area contributed by atoms with Gasteiger partial charge in [0.25, 0.3) is 0 Å². The fourth-order valence-corrected chi connectivity index (χ4v) is 7.62. The Hall–Kier alpha value is -7.04. The predicted octanol–water partition coefficient (Wildman–Crippen LogP) is 12.9. The molecule has 0 fully saturated rings. The van der Waals surface area contributed by atoms with E-state index in [4.69, 9.17) is 9.97 Å². The summed E-state index contributed by atoms with van der Waals surface area (Å²) in [5.74, 6) is 0.847. The first kappa shape index (κ1) is 29.8. The van der Waals surface area contributed by atoms with Gasteiger partial charge in [0.15, 0.2) is 0 Å². The lowest BCUT2D eigenvalue weighted by Gasteiger charge is -2.26. The molecule has 0 spiro atoms. The summed E-state index contributed by atoms with van der Waals surface area (Å²) in [6, 6.07) is 64.3. The van der Waals surface area contributed by atoms with E-state index in [-0.39, 0.29) is 0 Å². The van der Waals surface area contributed by atoms with Gasteiger partial charge in [-0.3, -0.25) is 4.90 Å². The van der Waals surface area contributed by atoms with Crippen molar-refractivity contribution in [3.8, 4) is 33.6 Å². The van der Waals surface area contributed by atoms with Crippen LogP contribution in [0.5, 0.6) is 0 Å². The summed E-state index contributed by atoms with van der Waals surface area (Å²) in [6.07, 6.45) is 1.85. The van der Waals surface area contributed by atoms with Crippen LogP contribution in [0.4, 0.5) is 17.2 Å². The minimum absolute atomic E-state index is 0.847. The van der Waals surface area contributed by atoms with Crippen LogP contribution < -0.4 is 4.90 Å². The minimum atomic E-state index is 0.847. The lowest BCUT2D eigenvalue weighted by Crippen LogP contribution is -2.12. The number of nitrogens with one attached hydrogen (secondary N) is 1. The maximum absolute atomic E-state index is 5.44. The van der Waals surface area contributed by atoms with Gasteiger partial charge in [-0.1, -0.05) is 133 Å². The standard InChI is InChI=1S/C48H32N4/c1-3-19-37-32(13-1)15-10-22-38(37)35-30-44(50-45(31-35)42-24-12-23-41-40-21-5-6-25-43(40)51-48(41)42)34-17-9-18-36(29-34)52(47-27-7-8-28-49-47)46-26-11-16-33-14-2-4-20-39(33)46/h1-31,51H. The number of fused-ring (bicyclic) bond motifs is 5. The quantitative estimate of drug-likeness (QED) is 0.192. The van der Waals surface area contributed by atoms with Crippen LogP contribution in [0.3, 0.4) is 0 Å². The maximum Gasteiger partial charge on any atom is 0.137 e. The van der Waals surface area contributed by atoms with Gasteiger partial charge in [-0.25, -0.2) is 9.97 Å². The third kappa shape index (κ3) is 5.09. The number of rotatable bonds is 6. The van der Waals surface area contributed by atoms with Crippen molar-refractivity contribution < 1.29 is 0 Å². The van der Waals surface area contributed by atoms with Crippen LogP contribution in [0.25, 0.3) is 77.0 Å². The van der Waals surface area contributed by atoms with Crippen molar-refractivity contribution in [2.24, 2.45) is 0 Å². The summed E-state index contributed by atoms with van der Waals surface area (Å²) in [5, 5.41) is 7.16. The van der Waals surface area contributed by atoms with Crippen LogP contribution in [0.2, 0.25) is 0 Å². The summed E-state index contributed by atoms with van der Waals surface area (Å²) in [4.78, 5) is 16.2. The topological polar surface area (TPSA) is 44.8 Å². The molecule has 0 aliphatic carbocycles. The van der Waals surface area contributed by atoms with Crippen molar-refractivity contribution in [2.75, 3.05) is 4.90 Å². The van der Waals surface area contributed by atoms with Crippen molar-refractivity contribution in [3.63, 3.8) is 0 Å². The normalized spacial score (nSPS) is 11.5. The molecule has 0 aliphatic rings. The van der Waals surface area contributed by atoms with E-state index >= 15 is 0 Å². The molecule has 0 bridgehead atoms. The van der Waals surface area contributed by atoms with Gasteiger partial charge in [-0.2, -0.15) is 0 Å². The molecule has 244 valence electrons. The Kier molecular flexibility index (Phi) is 7.10. The van der Waals surface area contributed by atoms with Crippen molar-refractivity contribution in [1.29, 1.82) is 0 Å². The van der Waals surface area contributed by atoms with Gasteiger partial charge in [-0.15, -0.1) is 0 Å². The van der Waals surface area contributed by atoms with Crippen LogP contribution >= 0.6 is 0 Å². The van der Waals surface area contributed by atoms with E-state index in [1.54, 1.807) is 0 Å². The summed E-state index contributed by atoms with van der Waals surface area (Å²) in [6.45, 7) is 0. The highest BCUT2D eigenvalue weighted by molar-refractivity contribution is 6.12. The van der Waals surface area contributed by atoms with Crippen molar-refractivity contribution in [2.45, 2.75) is 0 Å². The first-order valence-corrected chi connectivity index (χ1v) is 17.6. The number of hydrogen-bond donors (Lipinski definition) is 1. The average molecular weight is 665 g/mol. The van der Waals surface area contributed by atoms with Gasteiger partial charge < -0.3 is 4.98 Å². The number of anilines is 3. The molecular formula is C48H32N4. The average Bonchev–Trinajstić information content (AvgIpc) is 3.60. The van der Waals surface area contributed by atoms with E-state index in [0.717, 1.165) is 61.7 Å². The number of hydrogen-bond acceptors (Lipinski definition) is 3. The van der Waals surface area contributed by atoms with E-state index in [0.29, 0.717) is 0 Å².